The first-order valence-corrected chi connectivity index (χ1v) is 4.66. The molecule has 2 heteroatoms. The maximum absolute atomic E-state index is 8.60. The fourth-order valence-corrected chi connectivity index (χ4v) is 1.62. The van der Waals surface area contributed by atoms with Crippen molar-refractivity contribution in [3.63, 3.8) is 0 Å². The Morgan fingerprint density at radius 3 is 2.58 bits per heavy atom. The maximum atomic E-state index is 8.60. The Morgan fingerprint density at radius 2 is 2.25 bits per heavy atom. The Labute approximate surface area is 75.2 Å². The van der Waals surface area contributed by atoms with Gasteiger partial charge in [0, 0.05) is 19.0 Å². The van der Waals surface area contributed by atoms with Gasteiger partial charge in [0.05, 0.1) is 6.07 Å². The summed E-state index contributed by atoms with van der Waals surface area (Å²) in [6.45, 7) is 8.88. The lowest BCUT2D eigenvalue weighted by molar-refractivity contribution is 0.0602. The van der Waals surface area contributed by atoms with Crippen LogP contribution in [0.5, 0.6) is 0 Å². The van der Waals surface area contributed by atoms with E-state index in [1.165, 1.54) is 13.0 Å². The Morgan fingerprint density at radius 1 is 1.58 bits per heavy atom. The topological polar surface area (TPSA) is 27.0 Å². The molecule has 68 valence electrons. The number of nitriles is 1. The molecule has 0 spiro atoms. The van der Waals surface area contributed by atoms with Crippen LogP contribution >= 0.6 is 0 Å². The van der Waals surface area contributed by atoms with E-state index in [0.29, 0.717) is 6.42 Å². The minimum atomic E-state index is 0.170. The fourth-order valence-electron chi connectivity index (χ4n) is 1.62. The summed E-state index contributed by atoms with van der Waals surface area (Å²) < 4.78 is 0. The Hall–Kier alpha value is -0.550. The molecule has 0 bridgehead atoms. The Balaban J connectivity index is 2.34. The van der Waals surface area contributed by atoms with E-state index < -0.39 is 0 Å². The third-order valence-corrected chi connectivity index (χ3v) is 2.65. The van der Waals surface area contributed by atoms with Gasteiger partial charge in [-0.2, -0.15) is 5.26 Å². The zero-order valence-electron chi connectivity index (χ0n) is 8.30. The summed E-state index contributed by atoms with van der Waals surface area (Å²) in [5.41, 5.74) is 0.170. The normalized spacial score (nSPS) is 24.7. The van der Waals surface area contributed by atoms with Gasteiger partial charge in [-0.1, -0.05) is 13.8 Å². The van der Waals surface area contributed by atoms with E-state index >= 15 is 0 Å². The second-order valence-corrected chi connectivity index (χ2v) is 4.61. The molecular weight excluding hydrogens is 148 g/mol. The smallest absolute Gasteiger partial charge is 0.0627 e. The average molecular weight is 166 g/mol. The highest BCUT2D eigenvalue weighted by atomic mass is 15.2. The summed E-state index contributed by atoms with van der Waals surface area (Å²) >= 11 is 0. The SMILES string of the molecule is CC1CCN1CC(C)(C)CC#N. The molecule has 2 nitrogen and oxygen atoms in total. The van der Waals surface area contributed by atoms with Gasteiger partial charge in [0.25, 0.3) is 0 Å². The number of hydrogen-bond acceptors (Lipinski definition) is 2. The van der Waals surface area contributed by atoms with Gasteiger partial charge in [0.1, 0.15) is 0 Å². The summed E-state index contributed by atoms with van der Waals surface area (Å²) in [5, 5.41) is 8.60. The first kappa shape index (κ1) is 9.54. The van der Waals surface area contributed by atoms with Gasteiger partial charge < -0.3 is 0 Å². The highest BCUT2D eigenvalue weighted by molar-refractivity contribution is 4.88. The molecule has 0 amide bonds. The summed E-state index contributed by atoms with van der Waals surface area (Å²) in [5.74, 6) is 0. The van der Waals surface area contributed by atoms with Crippen molar-refractivity contribution < 1.29 is 0 Å². The van der Waals surface area contributed by atoms with Crippen molar-refractivity contribution in [2.45, 2.75) is 39.7 Å². The largest absolute Gasteiger partial charge is 0.300 e. The number of hydrogen-bond donors (Lipinski definition) is 0. The van der Waals surface area contributed by atoms with Crippen LogP contribution in [0.2, 0.25) is 0 Å². The lowest BCUT2D eigenvalue weighted by atomic mass is 9.87. The molecule has 1 atom stereocenters. The van der Waals surface area contributed by atoms with Crippen molar-refractivity contribution in [1.82, 2.24) is 4.90 Å². The predicted octanol–water partition coefficient (Wildman–Crippen LogP) is 2.02. The zero-order chi connectivity index (χ0) is 9.19. The molecule has 1 saturated heterocycles. The molecule has 1 aliphatic heterocycles. The highest BCUT2D eigenvalue weighted by Crippen LogP contribution is 2.26. The van der Waals surface area contributed by atoms with Crippen LogP contribution in [0.15, 0.2) is 0 Å². The molecule has 0 aromatic rings. The van der Waals surface area contributed by atoms with Gasteiger partial charge >= 0.3 is 0 Å². The van der Waals surface area contributed by atoms with Crippen molar-refractivity contribution in [2.24, 2.45) is 5.41 Å². The quantitative estimate of drug-likeness (QED) is 0.641. The molecule has 0 aliphatic carbocycles. The van der Waals surface area contributed by atoms with E-state index in [0.717, 1.165) is 12.6 Å². The third-order valence-electron chi connectivity index (χ3n) is 2.65. The lowest BCUT2D eigenvalue weighted by Gasteiger charge is -2.42. The van der Waals surface area contributed by atoms with Crippen molar-refractivity contribution in [2.75, 3.05) is 13.1 Å². The van der Waals surface area contributed by atoms with Crippen LogP contribution in [0.3, 0.4) is 0 Å². The fraction of sp³-hybridized carbons (Fsp3) is 0.900. The Bertz CT molecular complexity index is 191. The van der Waals surface area contributed by atoms with Gasteiger partial charge in [-0.15, -0.1) is 0 Å². The van der Waals surface area contributed by atoms with Crippen LogP contribution in [-0.2, 0) is 0 Å². The lowest BCUT2D eigenvalue weighted by Crippen LogP contribution is -2.49. The Kier molecular flexibility index (Phi) is 2.74. The number of rotatable bonds is 3. The minimum Gasteiger partial charge on any atom is -0.300 e. The minimum absolute atomic E-state index is 0.170. The molecule has 12 heavy (non-hydrogen) atoms. The highest BCUT2D eigenvalue weighted by Gasteiger charge is 2.29. The van der Waals surface area contributed by atoms with Crippen molar-refractivity contribution in [1.29, 1.82) is 5.26 Å². The van der Waals surface area contributed by atoms with E-state index in [2.05, 4.69) is 31.7 Å². The van der Waals surface area contributed by atoms with Crippen molar-refractivity contribution in [3.05, 3.63) is 0 Å². The molecule has 0 aromatic carbocycles. The van der Waals surface area contributed by atoms with Crippen molar-refractivity contribution in [3.8, 4) is 6.07 Å². The van der Waals surface area contributed by atoms with Gasteiger partial charge in [-0.3, -0.25) is 4.90 Å². The number of nitrogens with zero attached hydrogens (tertiary/aromatic N) is 2. The summed E-state index contributed by atoms with van der Waals surface area (Å²) in [7, 11) is 0. The van der Waals surface area contributed by atoms with Crippen LogP contribution in [0, 0.1) is 16.7 Å². The molecule has 1 heterocycles. The van der Waals surface area contributed by atoms with Crippen LogP contribution < -0.4 is 0 Å². The maximum Gasteiger partial charge on any atom is 0.0627 e. The third kappa shape index (κ3) is 2.22. The summed E-state index contributed by atoms with van der Waals surface area (Å²) in [6, 6.07) is 2.99. The molecular formula is C10H18N2. The average Bonchev–Trinajstić information content (AvgIpc) is 1.98. The van der Waals surface area contributed by atoms with E-state index in [4.69, 9.17) is 5.26 Å². The van der Waals surface area contributed by atoms with Gasteiger partial charge in [0.15, 0.2) is 0 Å². The second kappa shape index (κ2) is 3.45. The predicted molar refractivity (Wildman–Crippen MR) is 49.7 cm³/mol. The van der Waals surface area contributed by atoms with Crippen LogP contribution in [0.25, 0.3) is 0 Å². The number of likely N-dealkylation sites (tertiary alicyclic amines) is 1. The van der Waals surface area contributed by atoms with Gasteiger partial charge in [0.2, 0.25) is 0 Å². The first-order valence-electron chi connectivity index (χ1n) is 4.66. The molecule has 1 aliphatic rings. The van der Waals surface area contributed by atoms with Crippen molar-refractivity contribution >= 4 is 0 Å². The molecule has 1 fully saturated rings. The van der Waals surface area contributed by atoms with E-state index in [1.807, 2.05) is 0 Å². The monoisotopic (exact) mass is 166 g/mol. The molecule has 0 N–H and O–H groups in total. The molecule has 1 unspecified atom stereocenters. The second-order valence-electron chi connectivity index (χ2n) is 4.61. The summed E-state index contributed by atoms with van der Waals surface area (Å²) in [4.78, 5) is 2.46. The van der Waals surface area contributed by atoms with Gasteiger partial charge in [-0.05, 0) is 25.3 Å². The standard InChI is InChI=1S/C10H18N2/c1-9-4-7-12(9)8-10(2,3)5-6-11/h9H,4-5,7-8H2,1-3H3. The molecule has 0 radical (unpaired) electrons. The van der Waals surface area contributed by atoms with Crippen LogP contribution in [-0.4, -0.2) is 24.0 Å². The van der Waals surface area contributed by atoms with Crippen LogP contribution in [0.1, 0.15) is 33.6 Å². The van der Waals surface area contributed by atoms with E-state index in [9.17, 15) is 0 Å². The zero-order valence-corrected chi connectivity index (χ0v) is 8.30. The molecule has 0 aromatic heterocycles. The van der Waals surface area contributed by atoms with Gasteiger partial charge in [-0.25, -0.2) is 0 Å². The molecule has 0 saturated carbocycles. The van der Waals surface area contributed by atoms with Crippen LogP contribution in [0.4, 0.5) is 0 Å². The summed E-state index contributed by atoms with van der Waals surface area (Å²) in [6.07, 6.45) is 1.98. The molecule has 1 rings (SSSR count). The van der Waals surface area contributed by atoms with E-state index in [-0.39, 0.29) is 5.41 Å². The van der Waals surface area contributed by atoms with E-state index in [1.54, 1.807) is 0 Å². The first-order chi connectivity index (χ1) is 5.55.